The number of rotatable bonds is 5. The summed E-state index contributed by atoms with van der Waals surface area (Å²) in [7, 11) is 0. The first-order valence-electron chi connectivity index (χ1n) is 9.43. The van der Waals surface area contributed by atoms with Crippen molar-refractivity contribution in [3.05, 3.63) is 83.9 Å². The van der Waals surface area contributed by atoms with Gasteiger partial charge in [0.05, 0.1) is 11.1 Å². The molecule has 7 nitrogen and oxygen atoms in total. The lowest BCUT2D eigenvalue weighted by molar-refractivity contribution is 0.0951. The zero-order valence-electron chi connectivity index (χ0n) is 15.9. The molecule has 0 atom stereocenters. The molecule has 0 aliphatic carbocycles. The number of fused-ring (bicyclic) bond motifs is 1. The molecule has 4 aromatic rings. The zero-order chi connectivity index (χ0) is 20.3. The van der Waals surface area contributed by atoms with Crippen molar-refractivity contribution in [2.24, 2.45) is 0 Å². The van der Waals surface area contributed by atoms with Gasteiger partial charge in [0.2, 0.25) is 12.6 Å². The zero-order valence-corrected chi connectivity index (χ0v) is 15.9. The molecular weight excluding hydrogens is 382 g/mol. The Balaban J connectivity index is 1.36. The van der Waals surface area contributed by atoms with Gasteiger partial charge in [-0.15, -0.1) is 0 Å². The van der Waals surface area contributed by atoms with Gasteiger partial charge in [0, 0.05) is 12.1 Å². The Morgan fingerprint density at radius 2 is 1.73 bits per heavy atom. The number of hydrogen-bond donors (Lipinski definition) is 1. The molecule has 0 spiro atoms. The number of hydrogen-bond acceptors (Lipinski definition) is 6. The summed E-state index contributed by atoms with van der Waals surface area (Å²) in [6, 6.07) is 22.3. The molecule has 0 bridgehead atoms. The van der Waals surface area contributed by atoms with E-state index in [9.17, 15) is 4.79 Å². The van der Waals surface area contributed by atoms with Crippen molar-refractivity contribution in [3.8, 4) is 34.3 Å². The minimum Gasteiger partial charge on any atom is -0.454 e. The number of carbonyl (C=O) groups excluding carboxylic acids is 1. The number of ether oxygens (including phenoxy) is 2. The van der Waals surface area contributed by atoms with Crippen molar-refractivity contribution in [1.29, 1.82) is 0 Å². The second-order valence-electron chi connectivity index (χ2n) is 6.71. The topological polar surface area (TPSA) is 86.5 Å². The van der Waals surface area contributed by atoms with Crippen LogP contribution >= 0.6 is 0 Å². The number of nitrogens with one attached hydrogen (secondary N) is 1. The summed E-state index contributed by atoms with van der Waals surface area (Å²) < 4.78 is 16.1. The standard InChI is InChI=1S/C23H17N3O4/c27-22(24-13-15-10-11-19-20(12-15)29-14-28-19)17-8-4-5-9-18(17)23-25-21(26-30-23)16-6-2-1-3-7-16/h1-12H,13-14H2,(H,24,27). The van der Waals surface area contributed by atoms with E-state index in [1.165, 1.54) is 0 Å². The van der Waals surface area contributed by atoms with Crippen LogP contribution < -0.4 is 14.8 Å². The molecule has 0 saturated carbocycles. The van der Waals surface area contributed by atoms with Crippen molar-refractivity contribution in [1.82, 2.24) is 15.5 Å². The van der Waals surface area contributed by atoms with Crippen LogP contribution in [0, 0.1) is 0 Å². The van der Waals surface area contributed by atoms with Crippen molar-refractivity contribution in [2.45, 2.75) is 6.54 Å². The molecule has 0 radical (unpaired) electrons. The third-order valence-electron chi connectivity index (χ3n) is 4.75. The van der Waals surface area contributed by atoms with E-state index >= 15 is 0 Å². The highest BCUT2D eigenvalue weighted by molar-refractivity contribution is 6.00. The molecule has 30 heavy (non-hydrogen) atoms. The second-order valence-corrected chi connectivity index (χ2v) is 6.71. The summed E-state index contributed by atoms with van der Waals surface area (Å²) >= 11 is 0. The average molecular weight is 399 g/mol. The molecule has 148 valence electrons. The molecule has 0 fully saturated rings. The van der Waals surface area contributed by atoms with Gasteiger partial charge >= 0.3 is 0 Å². The van der Waals surface area contributed by atoms with Crippen LogP contribution in [0.2, 0.25) is 0 Å². The summed E-state index contributed by atoms with van der Waals surface area (Å²) in [6.45, 7) is 0.566. The molecule has 5 rings (SSSR count). The number of nitrogens with zero attached hydrogens (tertiary/aromatic N) is 2. The lowest BCUT2D eigenvalue weighted by Gasteiger charge is -2.08. The first-order valence-corrected chi connectivity index (χ1v) is 9.43. The van der Waals surface area contributed by atoms with Crippen molar-refractivity contribution >= 4 is 5.91 Å². The van der Waals surface area contributed by atoms with Gasteiger partial charge in [0.1, 0.15) is 0 Å². The first-order chi connectivity index (χ1) is 14.8. The van der Waals surface area contributed by atoms with Gasteiger partial charge in [-0.05, 0) is 29.8 Å². The first kappa shape index (κ1) is 17.9. The third-order valence-corrected chi connectivity index (χ3v) is 4.75. The molecule has 1 aliphatic heterocycles. The fraction of sp³-hybridized carbons (Fsp3) is 0.0870. The van der Waals surface area contributed by atoms with Gasteiger partial charge in [-0.1, -0.05) is 53.7 Å². The fourth-order valence-corrected chi connectivity index (χ4v) is 3.23. The largest absolute Gasteiger partial charge is 0.454 e. The Hall–Kier alpha value is -4.13. The van der Waals surface area contributed by atoms with E-state index in [1.807, 2.05) is 54.6 Å². The van der Waals surface area contributed by atoms with Crippen molar-refractivity contribution in [3.63, 3.8) is 0 Å². The van der Waals surface area contributed by atoms with Crippen LogP contribution in [-0.2, 0) is 6.54 Å². The van der Waals surface area contributed by atoms with Crippen LogP contribution in [-0.4, -0.2) is 22.8 Å². The Bertz CT molecular complexity index is 1200. The van der Waals surface area contributed by atoms with E-state index in [0.717, 1.165) is 11.1 Å². The summed E-state index contributed by atoms with van der Waals surface area (Å²) in [6.07, 6.45) is 0. The van der Waals surface area contributed by atoms with E-state index in [1.54, 1.807) is 18.2 Å². The molecule has 0 unspecified atom stereocenters. The quantitative estimate of drug-likeness (QED) is 0.545. The maximum atomic E-state index is 12.9. The van der Waals surface area contributed by atoms with Crippen LogP contribution in [0.25, 0.3) is 22.8 Å². The highest BCUT2D eigenvalue weighted by Crippen LogP contribution is 2.32. The molecule has 1 aromatic heterocycles. The van der Waals surface area contributed by atoms with Gasteiger partial charge in [-0.25, -0.2) is 0 Å². The number of aromatic nitrogens is 2. The Morgan fingerprint density at radius 3 is 2.63 bits per heavy atom. The highest BCUT2D eigenvalue weighted by atomic mass is 16.7. The molecule has 1 amide bonds. The molecule has 7 heteroatoms. The maximum absolute atomic E-state index is 12.9. The molecule has 2 heterocycles. The maximum Gasteiger partial charge on any atom is 0.259 e. The van der Waals surface area contributed by atoms with E-state index in [2.05, 4.69) is 15.5 Å². The van der Waals surface area contributed by atoms with Gasteiger partial charge in [0.25, 0.3) is 11.8 Å². The SMILES string of the molecule is O=C(NCc1ccc2c(c1)OCO2)c1ccccc1-c1nc(-c2ccccc2)no1. The predicted molar refractivity (Wildman–Crippen MR) is 109 cm³/mol. The minimum absolute atomic E-state index is 0.216. The van der Waals surface area contributed by atoms with E-state index in [0.29, 0.717) is 40.9 Å². The fourth-order valence-electron chi connectivity index (χ4n) is 3.23. The van der Waals surface area contributed by atoms with Crippen LogP contribution in [0.4, 0.5) is 0 Å². The predicted octanol–water partition coefficient (Wildman–Crippen LogP) is 4.06. The third kappa shape index (κ3) is 3.48. The number of benzene rings is 3. The van der Waals surface area contributed by atoms with Crippen LogP contribution in [0.1, 0.15) is 15.9 Å². The molecular formula is C23H17N3O4. The Morgan fingerprint density at radius 1 is 0.933 bits per heavy atom. The van der Waals surface area contributed by atoms with Crippen LogP contribution in [0.5, 0.6) is 11.5 Å². The van der Waals surface area contributed by atoms with E-state index in [4.69, 9.17) is 14.0 Å². The lowest BCUT2D eigenvalue weighted by atomic mass is 10.1. The molecule has 0 saturated heterocycles. The van der Waals surface area contributed by atoms with Gasteiger partial charge in [0.15, 0.2) is 11.5 Å². The summed E-state index contributed by atoms with van der Waals surface area (Å²) in [5, 5.41) is 6.98. The second kappa shape index (κ2) is 7.71. The lowest BCUT2D eigenvalue weighted by Crippen LogP contribution is -2.23. The molecule has 1 aliphatic rings. The van der Waals surface area contributed by atoms with Gasteiger partial charge in [-0.3, -0.25) is 4.79 Å². The van der Waals surface area contributed by atoms with Crippen LogP contribution in [0.3, 0.4) is 0 Å². The van der Waals surface area contributed by atoms with Crippen molar-refractivity contribution < 1.29 is 18.8 Å². The Labute approximate surface area is 172 Å². The Kier molecular flexibility index (Phi) is 4.61. The minimum atomic E-state index is -0.234. The summed E-state index contributed by atoms with van der Waals surface area (Å²) in [5.74, 6) is 1.93. The number of amides is 1. The van der Waals surface area contributed by atoms with E-state index < -0.39 is 0 Å². The molecule has 1 N–H and O–H groups in total. The van der Waals surface area contributed by atoms with Crippen LogP contribution in [0.15, 0.2) is 77.3 Å². The van der Waals surface area contributed by atoms with E-state index in [-0.39, 0.29) is 12.7 Å². The van der Waals surface area contributed by atoms with Gasteiger partial charge in [-0.2, -0.15) is 4.98 Å². The monoisotopic (exact) mass is 399 g/mol. The summed E-state index contributed by atoms with van der Waals surface area (Å²) in [4.78, 5) is 17.3. The number of carbonyl (C=O) groups is 1. The molecule has 3 aromatic carbocycles. The normalized spacial score (nSPS) is 12.0. The highest BCUT2D eigenvalue weighted by Gasteiger charge is 2.18. The summed E-state index contributed by atoms with van der Waals surface area (Å²) in [5.41, 5.74) is 2.79. The van der Waals surface area contributed by atoms with Crippen molar-refractivity contribution in [2.75, 3.05) is 6.79 Å². The smallest absolute Gasteiger partial charge is 0.259 e. The van der Waals surface area contributed by atoms with Gasteiger partial charge < -0.3 is 19.3 Å². The average Bonchev–Trinajstić information content (AvgIpc) is 3.47.